The van der Waals surface area contributed by atoms with E-state index in [2.05, 4.69) is 38.2 Å². The van der Waals surface area contributed by atoms with Gasteiger partial charge in [0, 0.05) is 19.6 Å². The molecule has 8 nitrogen and oxygen atoms in total. The van der Waals surface area contributed by atoms with E-state index in [4.69, 9.17) is 24.3 Å². The van der Waals surface area contributed by atoms with Gasteiger partial charge in [0.1, 0.15) is 6.10 Å². The Morgan fingerprint density at radius 1 is 0.536 bits per heavy atom. The lowest BCUT2D eigenvalue weighted by molar-refractivity contribution is -0.154. The Kier molecular flexibility index (Phi) is 44.3. The van der Waals surface area contributed by atoms with Crippen LogP contribution in [0.1, 0.15) is 232 Å². The molecule has 332 valence electrons. The third kappa shape index (κ3) is 44.1. The van der Waals surface area contributed by atoms with E-state index in [9.17, 15) is 14.3 Å². The number of ether oxygens (including phenoxy) is 2. The predicted octanol–water partition coefficient (Wildman–Crippen LogP) is 14.4. The van der Waals surface area contributed by atoms with Crippen LogP contribution in [0.15, 0.2) is 24.3 Å². The van der Waals surface area contributed by atoms with Crippen LogP contribution in [0.3, 0.4) is 0 Å². The van der Waals surface area contributed by atoms with Gasteiger partial charge in [-0.2, -0.15) is 0 Å². The van der Waals surface area contributed by atoms with Crippen LogP contribution in [0.25, 0.3) is 0 Å². The van der Waals surface area contributed by atoms with E-state index < -0.39 is 13.9 Å². The molecule has 0 spiro atoms. The average Bonchev–Trinajstić information content (AvgIpc) is 3.19. The van der Waals surface area contributed by atoms with Crippen LogP contribution in [0.5, 0.6) is 0 Å². The fraction of sp³-hybridized carbons (Fsp3) is 0.894. The maximum absolute atomic E-state index is 12.6. The van der Waals surface area contributed by atoms with Gasteiger partial charge in [-0.3, -0.25) is 13.8 Å². The van der Waals surface area contributed by atoms with Crippen LogP contribution in [-0.2, 0) is 27.9 Å². The van der Waals surface area contributed by atoms with Crippen molar-refractivity contribution in [3.05, 3.63) is 24.3 Å². The molecule has 0 heterocycles. The monoisotopic (exact) mass is 814 g/mol. The second-order valence-corrected chi connectivity index (χ2v) is 17.4. The second-order valence-electron chi connectivity index (χ2n) is 16.0. The highest BCUT2D eigenvalue weighted by Crippen LogP contribution is 2.43. The highest BCUT2D eigenvalue weighted by Gasteiger charge is 2.25. The third-order valence-corrected chi connectivity index (χ3v) is 11.4. The van der Waals surface area contributed by atoms with Gasteiger partial charge in [-0.25, -0.2) is 4.57 Å². The van der Waals surface area contributed by atoms with Crippen LogP contribution in [0.4, 0.5) is 0 Å². The zero-order valence-electron chi connectivity index (χ0n) is 36.9. The number of rotatable bonds is 46. The molecule has 0 fully saturated rings. The first-order valence-corrected chi connectivity index (χ1v) is 25.3. The molecular formula is C47H92NO7P. The van der Waals surface area contributed by atoms with Gasteiger partial charge < -0.3 is 20.1 Å². The zero-order valence-corrected chi connectivity index (χ0v) is 37.8. The number of phosphoric acid groups is 1. The maximum atomic E-state index is 12.6. The van der Waals surface area contributed by atoms with Gasteiger partial charge in [-0.05, 0) is 38.5 Å². The molecular weight excluding hydrogens is 721 g/mol. The Labute approximate surface area is 346 Å². The normalized spacial score (nSPS) is 13.6. The molecule has 56 heavy (non-hydrogen) atoms. The molecule has 0 aromatic rings. The van der Waals surface area contributed by atoms with Crippen molar-refractivity contribution in [1.29, 1.82) is 0 Å². The number of esters is 1. The topological polar surface area (TPSA) is 117 Å². The summed E-state index contributed by atoms with van der Waals surface area (Å²) in [5.74, 6) is -0.329. The van der Waals surface area contributed by atoms with Crippen molar-refractivity contribution >= 4 is 13.8 Å². The maximum Gasteiger partial charge on any atom is 0.472 e. The molecule has 0 bridgehead atoms. The van der Waals surface area contributed by atoms with Crippen molar-refractivity contribution in [3.63, 3.8) is 0 Å². The molecule has 2 atom stereocenters. The molecule has 0 aromatic heterocycles. The van der Waals surface area contributed by atoms with Gasteiger partial charge in [-0.15, -0.1) is 0 Å². The molecule has 2 unspecified atom stereocenters. The Bertz CT molecular complexity index is 915. The smallest absolute Gasteiger partial charge is 0.457 e. The molecule has 0 amide bonds. The third-order valence-electron chi connectivity index (χ3n) is 10.4. The van der Waals surface area contributed by atoms with Gasteiger partial charge in [0.05, 0.1) is 19.8 Å². The Balaban J connectivity index is 3.93. The number of hydrogen-bond donors (Lipinski definition) is 2. The number of unbranched alkanes of at least 4 members (excludes halogenated alkanes) is 29. The predicted molar refractivity (Wildman–Crippen MR) is 238 cm³/mol. The molecule has 0 rings (SSSR count). The Morgan fingerprint density at radius 3 is 1.45 bits per heavy atom. The minimum Gasteiger partial charge on any atom is -0.457 e. The molecule has 0 radical (unpaired) electrons. The summed E-state index contributed by atoms with van der Waals surface area (Å²) in [6, 6.07) is 0. The highest BCUT2D eigenvalue weighted by atomic mass is 31.2. The van der Waals surface area contributed by atoms with Crippen LogP contribution in [-0.4, -0.2) is 49.9 Å². The van der Waals surface area contributed by atoms with Crippen molar-refractivity contribution < 1.29 is 32.8 Å². The number of allylic oxidation sites excluding steroid dienone is 4. The largest absolute Gasteiger partial charge is 0.472 e. The minimum absolute atomic E-state index is 0.0955. The lowest BCUT2D eigenvalue weighted by Gasteiger charge is -2.20. The first-order chi connectivity index (χ1) is 27.4. The minimum atomic E-state index is -4.28. The zero-order chi connectivity index (χ0) is 40.9. The summed E-state index contributed by atoms with van der Waals surface area (Å²) >= 11 is 0. The fourth-order valence-corrected chi connectivity index (χ4v) is 7.60. The van der Waals surface area contributed by atoms with Gasteiger partial charge in [0.25, 0.3) is 0 Å². The molecule has 9 heteroatoms. The summed E-state index contributed by atoms with van der Waals surface area (Å²) in [5.41, 5.74) is 5.38. The quantitative estimate of drug-likeness (QED) is 0.0270. The molecule has 0 saturated carbocycles. The van der Waals surface area contributed by atoms with Gasteiger partial charge in [-0.1, -0.05) is 212 Å². The molecule has 0 aromatic carbocycles. The summed E-state index contributed by atoms with van der Waals surface area (Å²) in [5, 5.41) is 0. The number of carbonyl (C=O) groups is 1. The van der Waals surface area contributed by atoms with E-state index in [0.717, 1.165) is 44.9 Å². The second kappa shape index (κ2) is 45.1. The van der Waals surface area contributed by atoms with Gasteiger partial charge in [0.2, 0.25) is 0 Å². The fourth-order valence-electron chi connectivity index (χ4n) is 6.84. The number of carbonyl (C=O) groups excluding carboxylic acids is 1. The Morgan fingerprint density at radius 2 is 0.964 bits per heavy atom. The Hall–Kier alpha value is -1.02. The lowest BCUT2D eigenvalue weighted by atomic mass is 10.0. The van der Waals surface area contributed by atoms with E-state index in [-0.39, 0.29) is 32.3 Å². The van der Waals surface area contributed by atoms with Crippen LogP contribution >= 0.6 is 7.82 Å². The van der Waals surface area contributed by atoms with Gasteiger partial charge in [0.15, 0.2) is 0 Å². The van der Waals surface area contributed by atoms with E-state index in [0.29, 0.717) is 13.0 Å². The highest BCUT2D eigenvalue weighted by molar-refractivity contribution is 7.47. The van der Waals surface area contributed by atoms with Crippen molar-refractivity contribution in [2.75, 3.05) is 33.0 Å². The molecule has 0 saturated heterocycles. The van der Waals surface area contributed by atoms with Crippen LogP contribution < -0.4 is 5.73 Å². The van der Waals surface area contributed by atoms with E-state index >= 15 is 0 Å². The first kappa shape index (κ1) is 55.0. The van der Waals surface area contributed by atoms with Crippen molar-refractivity contribution in [3.8, 4) is 0 Å². The molecule has 0 aliphatic rings. The lowest BCUT2D eigenvalue weighted by Crippen LogP contribution is -2.28. The van der Waals surface area contributed by atoms with Crippen molar-refractivity contribution in [2.24, 2.45) is 5.73 Å². The summed E-state index contributed by atoms with van der Waals surface area (Å²) < 4.78 is 33.5. The summed E-state index contributed by atoms with van der Waals surface area (Å²) in [6.07, 6.45) is 50.6. The van der Waals surface area contributed by atoms with Crippen molar-refractivity contribution in [2.45, 2.75) is 238 Å². The number of nitrogens with two attached hydrogens (primary N) is 1. The van der Waals surface area contributed by atoms with E-state index in [1.165, 1.54) is 167 Å². The van der Waals surface area contributed by atoms with Gasteiger partial charge >= 0.3 is 13.8 Å². The van der Waals surface area contributed by atoms with Crippen LogP contribution in [0, 0.1) is 0 Å². The van der Waals surface area contributed by atoms with E-state index in [1.807, 2.05) is 0 Å². The first-order valence-electron chi connectivity index (χ1n) is 23.8. The summed E-state index contributed by atoms with van der Waals surface area (Å²) in [4.78, 5) is 22.5. The molecule has 0 aliphatic carbocycles. The SMILES string of the molecule is CCCC/C=C\C/C=C\CCCCCCCCOCC(COP(=O)(O)OCCN)OC(=O)CCCCCCCCCCCCCCCCCCCCCCCC. The summed E-state index contributed by atoms with van der Waals surface area (Å²) in [6.45, 7) is 4.90. The molecule has 3 N–H and O–H groups in total. The average molecular weight is 814 g/mol. The van der Waals surface area contributed by atoms with E-state index in [1.54, 1.807) is 0 Å². The summed E-state index contributed by atoms with van der Waals surface area (Å²) in [7, 11) is -4.28. The molecule has 0 aliphatic heterocycles. The van der Waals surface area contributed by atoms with Crippen LogP contribution in [0.2, 0.25) is 0 Å². The van der Waals surface area contributed by atoms with Crippen molar-refractivity contribution in [1.82, 2.24) is 0 Å². The number of phosphoric ester groups is 1. The standard InChI is InChI=1S/C47H92NO7P/c1-3-5-7-9-11-13-15-17-19-20-21-22-23-24-25-26-28-30-32-34-36-38-40-47(49)55-46(45-54-56(50,51)53-43-41-48)44-52-42-39-37-35-33-31-29-27-18-16-14-12-10-8-6-4-2/h10,12,16,18,46H,3-9,11,13-15,17,19-45,48H2,1-2H3,(H,50,51)/b12-10-,18-16-. The number of hydrogen-bond acceptors (Lipinski definition) is 7.